The SMILES string of the molecule is CCc1cc(N2CCC(NCc3ccc(NC(=O)c4ccc(C)c(C#Cc5cnc6cccnn56)c4)cc3C(F)(F)F)CC2)ncn1. The molecule has 1 saturated heterocycles. The molecule has 0 bridgehead atoms. The van der Waals surface area contributed by atoms with E-state index in [0.29, 0.717) is 16.9 Å². The van der Waals surface area contributed by atoms with Crippen molar-refractivity contribution >= 4 is 23.1 Å². The van der Waals surface area contributed by atoms with E-state index in [9.17, 15) is 18.0 Å². The average Bonchev–Trinajstić information content (AvgIpc) is 3.50. The van der Waals surface area contributed by atoms with E-state index in [0.717, 1.165) is 55.5 Å². The third-order valence-corrected chi connectivity index (χ3v) is 8.25. The van der Waals surface area contributed by atoms with Crippen molar-refractivity contribution in [2.24, 2.45) is 0 Å². The maximum absolute atomic E-state index is 14.2. The van der Waals surface area contributed by atoms with Crippen LogP contribution in [0.3, 0.4) is 0 Å². The van der Waals surface area contributed by atoms with Crippen molar-refractivity contribution in [1.82, 2.24) is 29.9 Å². The van der Waals surface area contributed by atoms with Crippen LogP contribution in [0.15, 0.2) is 73.3 Å². The Kier molecular flexibility index (Phi) is 9.17. The summed E-state index contributed by atoms with van der Waals surface area (Å²) in [6, 6.07) is 14.6. The summed E-state index contributed by atoms with van der Waals surface area (Å²) in [5.74, 6) is 6.44. The molecule has 0 aliphatic carbocycles. The number of rotatable bonds is 7. The second-order valence-electron chi connectivity index (χ2n) is 11.4. The Morgan fingerprint density at radius 2 is 1.85 bits per heavy atom. The topological polar surface area (TPSA) is 100 Å². The fourth-order valence-corrected chi connectivity index (χ4v) is 5.54. The molecular weight excluding hydrogens is 605 g/mol. The number of halogens is 3. The number of benzene rings is 2. The molecule has 0 atom stereocenters. The Morgan fingerprint density at radius 1 is 1.02 bits per heavy atom. The van der Waals surface area contributed by atoms with E-state index in [-0.39, 0.29) is 29.4 Å². The Balaban J connectivity index is 1.11. The molecule has 2 aromatic carbocycles. The van der Waals surface area contributed by atoms with Crippen LogP contribution >= 0.6 is 0 Å². The van der Waals surface area contributed by atoms with Crippen molar-refractivity contribution < 1.29 is 18.0 Å². The number of carbonyl (C=O) groups is 1. The number of nitrogens with one attached hydrogen (secondary N) is 2. The van der Waals surface area contributed by atoms with Crippen LogP contribution in [0.25, 0.3) is 5.65 Å². The number of piperidine rings is 1. The number of hydrogen-bond acceptors (Lipinski definition) is 7. The van der Waals surface area contributed by atoms with Crippen molar-refractivity contribution in [3.8, 4) is 11.8 Å². The quantitative estimate of drug-likeness (QED) is 0.217. The molecule has 0 radical (unpaired) electrons. The normalized spacial score (nSPS) is 13.8. The van der Waals surface area contributed by atoms with Crippen molar-refractivity contribution in [1.29, 1.82) is 0 Å². The Morgan fingerprint density at radius 3 is 2.64 bits per heavy atom. The second-order valence-corrected chi connectivity index (χ2v) is 11.4. The van der Waals surface area contributed by atoms with Crippen LogP contribution in [-0.2, 0) is 19.1 Å². The largest absolute Gasteiger partial charge is 0.416 e. The number of aromatic nitrogens is 5. The van der Waals surface area contributed by atoms with Gasteiger partial charge in [0.1, 0.15) is 17.8 Å². The zero-order chi connectivity index (χ0) is 33.0. The van der Waals surface area contributed by atoms with Crippen LogP contribution in [0.4, 0.5) is 24.7 Å². The first kappa shape index (κ1) is 31.7. The number of fused-ring (bicyclic) bond motifs is 1. The van der Waals surface area contributed by atoms with Gasteiger partial charge in [0, 0.05) is 60.4 Å². The van der Waals surface area contributed by atoms with Crippen molar-refractivity contribution in [2.75, 3.05) is 23.3 Å². The van der Waals surface area contributed by atoms with Crippen LogP contribution in [0.2, 0.25) is 0 Å². The lowest BCUT2D eigenvalue weighted by molar-refractivity contribution is -0.138. The number of alkyl halides is 3. The number of nitrogens with zero attached hydrogens (tertiary/aromatic N) is 6. The number of hydrogen-bond donors (Lipinski definition) is 2. The summed E-state index contributed by atoms with van der Waals surface area (Å²) in [4.78, 5) is 28.2. The molecule has 9 nitrogen and oxygen atoms in total. The van der Waals surface area contributed by atoms with Crippen LogP contribution in [0, 0.1) is 18.8 Å². The van der Waals surface area contributed by atoms with Gasteiger partial charge in [0.25, 0.3) is 5.91 Å². The maximum atomic E-state index is 14.2. The monoisotopic (exact) mass is 638 g/mol. The van der Waals surface area contributed by atoms with Gasteiger partial charge in [-0.1, -0.05) is 25.0 Å². The predicted molar refractivity (Wildman–Crippen MR) is 173 cm³/mol. The van der Waals surface area contributed by atoms with E-state index < -0.39 is 17.6 Å². The highest BCUT2D eigenvalue weighted by molar-refractivity contribution is 6.04. The molecule has 0 spiro atoms. The lowest BCUT2D eigenvalue weighted by atomic mass is 10.0. The second kappa shape index (κ2) is 13.6. The molecule has 12 heteroatoms. The van der Waals surface area contributed by atoms with Gasteiger partial charge in [0.2, 0.25) is 0 Å². The highest BCUT2D eigenvalue weighted by Crippen LogP contribution is 2.34. The summed E-state index contributed by atoms with van der Waals surface area (Å²) < 4.78 is 44.1. The van der Waals surface area contributed by atoms with Crippen molar-refractivity contribution in [3.63, 3.8) is 0 Å². The van der Waals surface area contributed by atoms with Gasteiger partial charge >= 0.3 is 6.18 Å². The third kappa shape index (κ3) is 7.42. The summed E-state index contributed by atoms with van der Waals surface area (Å²) in [6.07, 6.45) is 2.61. The van der Waals surface area contributed by atoms with Crippen molar-refractivity contribution in [2.45, 2.75) is 51.9 Å². The van der Waals surface area contributed by atoms with Crippen LogP contribution in [0.5, 0.6) is 0 Å². The third-order valence-electron chi connectivity index (χ3n) is 8.25. The molecule has 1 amide bonds. The van der Waals surface area contributed by atoms with Crippen molar-refractivity contribution in [3.05, 3.63) is 113 Å². The molecular formula is C35H33F3N8O. The Hall–Kier alpha value is -5.28. The zero-order valence-corrected chi connectivity index (χ0v) is 26.0. The molecule has 5 aromatic rings. The van der Waals surface area contributed by atoms with Gasteiger partial charge < -0.3 is 15.5 Å². The molecule has 0 saturated carbocycles. The predicted octanol–water partition coefficient (Wildman–Crippen LogP) is 5.82. The smallest absolute Gasteiger partial charge is 0.356 e. The number of amides is 1. The van der Waals surface area contributed by atoms with Crippen LogP contribution < -0.4 is 15.5 Å². The van der Waals surface area contributed by atoms with Gasteiger partial charge in [-0.05, 0) is 79.6 Å². The van der Waals surface area contributed by atoms with Crippen LogP contribution in [-0.4, -0.2) is 49.6 Å². The van der Waals surface area contributed by atoms with Gasteiger partial charge in [0.15, 0.2) is 5.65 Å². The number of carbonyl (C=O) groups excluding carboxylic acids is 1. The standard InChI is InChI=1S/C35H33F3N8O/c1-3-27-19-33(42-22-41-27)45-15-12-28(13-16-45)39-20-26-8-10-29(18-31(26)35(36,37)38)44-34(47)25-7-6-23(2)24(17-25)9-11-30-21-40-32-5-4-14-43-46(30)32/h4-8,10,14,17-19,21-22,28,39H,3,12-13,15-16,20H2,1-2H3,(H,44,47). The van der Waals surface area contributed by atoms with Gasteiger partial charge in [0.05, 0.1) is 11.8 Å². The Labute approximate surface area is 270 Å². The zero-order valence-electron chi connectivity index (χ0n) is 26.0. The molecule has 4 heterocycles. The minimum absolute atomic E-state index is 0.0562. The first-order valence-corrected chi connectivity index (χ1v) is 15.4. The maximum Gasteiger partial charge on any atom is 0.416 e. The summed E-state index contributed by atoms with van der Waals surface area (Å²) >= 11 is 0. The van der Waals surface area contributed by atoms with Gasteiger partial charge in [-0.25, -0.2) is 19.5 Å². The molecule has 2 N–H and O–H groups in total. The number of anilines is 2. The molecule has 1 aliphatic heterocycles. The minimum Gasteiger partial charge on any atom is -0.356 e. The van der Waals surface area contributed by atoms with E-state index in [4.69, 9.17) is 0 Å². The molecule has 47 heavy (non-hydrogen) atoms. The van der Waals surface area contributed by atoms with Gasteiger partial charge in [-0.2, -0.15) is 18.3 Å². The summed E-state index contributed by atoms with van der Waals surface area (Å²) in [7, 11) is 0. The number of imidazole rings is 1. The number of aryl methyl sites for hydroxylation is 2. The first-order chi connectivity index (χ1) is 22.7. The fraction of sp³-hybridized carbons (Fsp3) is 0.286. The molecule has 0 unspecified atom stereocenters. The molecule has 6 rings (SSSR count). The van der Waals surface area contributed by atoms with Gasteiger partial charge in [-0.3, -0.25) is 4.79 Å². The average molecular weight is 639 g/mol. The molecule has 3 aromatic heterocycles. The summed E-state index contributed by atoms with van der Waals surface area (Å²) in [5, 5.41) is 10.2. The minimum atomic E-state index is -4.59. The highest BCUT2D eigenvalue weighted by atomic mass is 19.4. The molecule has 240 valence electrons. The van der Waals surface area contributed by atoms with E-state index in [1.54, 1.807) is 47.5 Å². The van der Waals surface area contributed by atoms with E-state index in [2.05, 4.69) is 47.4 Å². The lowest BCUT2D eigenvalue weighted by Gasteiger charge is -2.33. The molecule has 1 aliphatic rings. The van der Waals surface area contributed by atoms with E-state index in [1.165, 1.54) is 12.1 Å². The van der Waals surface area contributed by atoms with Gasteiger partial charge in [-0.15, -0.1) is 0 Å². The molecule has 1 fully saturated rings. The fourth-order valence-electron chi connectivity index (χ4n) is 5.54. The van der Waals surface area contributed by atoms with Crippen LogP contribution in [0.1, 0.15) is 63.8 Å². The Bertz CT molecular complexity index is 1970. The summed E-state index contributed by atoms with van der Waals surface area (Å²) in [5.41, 5.74) is 3.33. The lowest BCUT2D eigenvalue weighted by Crippen LogP contribution is -2.42. The first-order valence-electron chi connectivity index (χ1n) is 15.4. The summed E-state index contributed by atoms with van der Waals surface area (Å²) in [6.45, 7) is 5.46. The highest BCUT2D eigenvalue weighted by Gasteiger charge is 2.34. The van der Waals surface area contributed by atoms with E-state index in [1.807, 2.05) is 26.0 Å². The van der Waals surface area contributed by atoms with E-state index >= 15 is 0 Å².